The minimum atomic E-state index is -0.169. The van der Waals surface area contributed by atoms with Crippen LogP contribution >= 0.6 is 11.6 Å². The number of hydrogen-bond acceptors (Lipinski definition) is 3. The van der Waals surface area contributed by atoms with Crippen molar-refractivity contribution in [3.05, 3.63) is 76.5 Å². The third-order valence-corrected chi connectivity index (χ3v) is 5.22. The summed E-state index contributed by atoms with van der Waals surface area (Å²) in [6.07, 6.45) is 1.10. The van der Waals surface area contributed by atoms with Gasteiger partial charge in [-0.05, 0) is 36.8 Å². The fourth-order valence-electron chi connectivity index (χ4n) is 3.37. The van der Waals surface area contributed by atoms with Crippen molar-refractivity contribution in [2.24, 2.45) is 5.92 Å². The summed E-state index contributed by atoms with van der Waals surface area (Å²) >= 11 is 6.26. The van der Waals surface area contributed by atoms with Gasteiger partial charge in [-0.1, -0.05) is 65.3 Å². The Morgan fingerprint density at radius 2 is 1.92 bits per heavy atom. The lowest BCUT2D eigenvalue weighted by atomic mass is 10.1. The van der Waals surface area contributed by atoms with Crippen molar-refractivity contribution in [1.82, 2.24) is 10.5 Å². The van der Waals surface area contributed by atoms with Crippen LogP contribution in [0.1, 0.15) is 34.0 Å². The van der Waals surface area contributed by atoms with Crippen molar-refractivity contribution in [3.8, 4) is 11.3 Å². The van der Waals surface area contributed by atoms with Crippen molar-refractivity contribution in [3.63, 3.8) is 0 Å². The maximum Gasteiger partial charge on any atom is 0.257 e. The van der Waals surface area contributed by atoms with E-state index >= 15 is 0 Å². The molecule has 1 fully saturated rings. The summed E-state index contributed by atoms with van der Waals surface area (Å²) < 4.78 is 5.27. The SMILES string of the molecule is Cc1onc(-c2ccccc2Cl)c1C(=O)NC[C@@H]1C[C@H]1c1ccccc1. The van der Waals surface area contributed by atoms with Gasteiger partial charge in [0, 0.05) is 12.1 Å². The first-order valence-electron chi connectivity index (χ1n) is 8.69. The number of amides is 1. The van der Waals surface area contributed by atoms with Crippen molar-refractivity contribution in [1.29, 1.82) is 0 Å². The lowest BCUT2D eigenvalue weighted by Crippen LogP contribution is -2.26. The summed E-state index contributed by atoms with van der Waals surface area (Å²) in [5.41, 5.74) is 2.98. The van der Waals surface area contributed by atoms with E-state index in [0.29, 0.717) is 46.0 Å². The average molecular weight is 367 g/mol. The number of rotatable bonds is 5. The summed E-state index contributed by atoms with van der Waals surface area (Å²) in [6.45, 7) is 2.39. The number of aromatic nitrogens is 1. The molecular formula is C21H19ClN2O2. The highest BCUT2D eigenvalue weighted by molar-refractivity contribution is 6.33. The Labute approximate surface area is 157 Å². The Bertz CT molecular complexity index is 936. The summed E-state index contributed by atoms with van der Waals surface area (Å²) in [5.74, 6) is 1.33. The third-order valence-electron chi connectivity index (χ3n) is 4.89. The molecule has 0 spiro atoms. The minimum absolute atomic E-state index is 0.169. The summed E-state index contributed by atoms with van der Waals surface area (Å²) in [5, 5.41) is 7.63. The maximum absolute atomic E-state index is 12.8. The minimum Gasteiger partial charge on any atom is -0.360 e. The van der Waals surface area contributed by atoms with Crippen LogP contribution < -0.4 is 5.32 Å². The molecule has 4 nitrogen and oxygen atoms in total. The Morgan fingerprint density at radius 3 is 2.69 bits per heavy atom. The predicted octanol–water partition coefficient (Wildman–Crippen LogP) is 4.84. The lowest BCUT2D eigenvalue weighted by molar-refractivity contribution is 0.0950. The first-order valence-corrected chi connectivity index (χ1v) is 9.07. The van der Waals surface area contributed by atoms with Gasteiger partial charge < -0.3 is 9.84 Å². The molecule has 1 amide bonds. The molecule has 0 radical (unpaired) electrons. The number of halogens is 1. The molecule has 3 aromatic rings. The van der Waals surface area contributed by atoms with Gasteiger partial charge in [0.15, 0.2) is 0 Å². The molecule has 0 bridgehead atoms. The number of carbonyl (C=O) groups excluding carboxylic acids is 1. The fraction of sp³-hybridized carbons (Fsp3) is 0.238. The Kier molecular flexibility index (Phi) is 4.51. The second kappa shape index (κ2) is 6.96. The first kappa shape index (κ1) is 16.9. The van der Waals surface area contributed by atoms with E-state index in [2.05, 4.69) is 34.7 Å². The second-order valence-electron chi connectivity index (χ2n) is 6.67. The Balaban J connectivity index is 1.47. The monoisotopic (exact) mass is 366 g/mol. The van der Waals surface area contributed by atoms with Crippen molar-refractivity contribution >= 4 is 17.5 Å². The quantitative estimate of drug-likeness (QED) is 0.703. The largest absolute Gasteiger partial charge is 0.360 e. The number of hydrogen-bond donors (Lipinski definition) is 1. The van der Waals surface area contributed by atoms with Crippen molar-refractivity contribution in [2.75, 3.05) is 6.54 Å². The van der Waals surface area contributed by atoms with E-state index in [9.17, 15) is 4.79 Å². The van der Waals surface area contributed by atoms with Crippen molar-refractivity contribution in [2.45, 2.75) is 19.3 Å². The first-order chi connectivity index (χ1) is 12.6. The van der Waals surface area contributed by atoms with Crippen LogP contribution in [0.5, 0.6) is 0 Å². The molecule has 1 N–H and O–H groups in total. The highest BCUT2D eigenvalue weighted by Crippen LogP contribution is 2.46. The van der Waals surface area contributed by atoms with Crippen LogP contribution in [0.15, 0.2) is 59.1 Å². The molecule has 5 heteroatoms. The van der Waals surface area contributed by atoms with Crippen LogP contribution in [0.2, 0.25) is 5.02 Å². The average Bonchev–Trinajstić information content (AvgIpc) is 3.35. The molecular weight excluding hydrogens is 348 g/mol. The lowest BCUT2D eigenvalue weighted by Gasteiger charge is -2.07. The zero-order valence-corrected chi connectivity index (χ0v) is 15.2. The van der Waals surface area contributed by atoms with E-state index in [1.54, 1.807) is 13.0 Å². The fourth-order valence-corrected chi connectivity index (χ4v) is 3.60. The molecule has 2 aromatic carbocycles. The van der Waals surface area contributed by atoms with Gasteiger partial charge in [-0.15, -0.1) is 0 Å². The topological polar surface area (TPSA) is 55.1 Å². The molecule has 0 unspecified atom stereocenters. The highest BCUT2D eigenvalue weighted by atomic mass is 35.5. The van der Waals surface area contributed by atoms with Gasteiger partial charge >= 0.3 is 0 Å². The third kappa shape index (κ3) is 3.25. The van der Waals surface area contributed by atoms with Gasteiger partial charge in [-0.2, -0.15) is 0 Å². The predicted molar refractivity (Wildman–Crippen MR) is 101 cm³/mol. The number of nitrogens with one attached hydrogen (secondary N) is 1. The van der Waals surface area contributed by atoms with Crippen molar-refractivity contribution < 1.29 is 9.32 Å². The Morgan fingerprint density at radius 1 is 1.19 bits per heavy atom. The molecule has 1 heterocycles. The second-order valence-corrected chi connectivity index (χ2v) is 7.07. The van der Waals surface area contributed by atoms with Crippen LogP contribution in [0.3, 0.4) is 0 Å². The molecule has 26 heavy (non-hydrogen) atoms. The molecule has 2 atom stereocenters. The molecule has 0 aliphatic heterocycles. The van der Waals surface area contributed by atoms with E-state index in [0.717, 1.165) is 6.42 Å². The van der Waals surface area contributed by atoms with Gasteiger partial charge in [0.05, 0.1) is 5.02 Å². The molecule has 1 aromatic heterocycles. The smallest absolute Gasteiger partial charge is 0.257 e. The summed E-state index contributed by atoms with van der Waals surface area (Å²) in [6, 6.07) is 17.7. The van der Waals surface area contributed by atoms with E-state index in [-0.39, 0.29) is 5.91 Å². The molecule has 1 aliphatic rings. The van der Waals surface area contributed by atoms with E-state index in [1.165, 1.54) is 5.56 Å². The van der Waals surface area contributed by atoms with Crippen LogP contribution in [-0.4, -0.2) is 17.6 Å². The number of benzene rings is 2. The summed E-state index contributed by atoms with van der Waals surface area (Å²) in [7, 11) is 0. The van der Waals surface area contributed by atoms with Crippen LogP contribution in [0, 0.1) is 12.8 Å². The normalized spacial score (nSPS) is 18.5. The number of aryl methyl sites for hydroxylation is 1. The van der Waals surface area contributed by atoms with Gasteiger partial charge in [0.2, 0.25) is 0 Å². The van der Waals surface area contributed by atoms with E-state index < -0.39 is 0 Å². The molecule has 0 saturated heterocycles. The van der Waals surface area contributed by atoms with Crippen LogP contribution in [0.25, 0.3) is 11.3 Å². The maximum atomic E-state index is 12.8. The highest BCUT2D eigenvalue weighted by Gasteiger charge is 2.38. The van der Waals surface area contributed by atoms with Gasteiger partial charge in [-0.25, -0.2) is 0 Å². The van der Waals surface area contributed by atoms with Crippen LogP contribution in [0.4, 0.5) is 0 Å². The summed E-state index contributed by atoms with van der Waals surface area (Å²) in [4.78, 5) is 12.8. The molecule has 132 valence electrons. The van der Waals surface area contributed by atoms with E-state index in [1.807, 2.05) is 24.3 Å². The van der Waals surface area contributed by atoms with Gasteiger partial charge in [0.25, 0.3) is 5.91 Å². The molecule has 1 aliphatic carbocycles. The van der Waals surface area contributed by atoms with Crippen LogP contribution in [-0.2, 0) is 0 Å². The Hall–Kier alpha value is -2.59. The zero-order chi connectivity index (χ0) is 18.1. The van der Waals surface area contributed by atoms with Gasteiger partial charge in [-0.3, -0.25) is 4.79 Å². The standard InChI is InChI=1S/C21H19ClN2O2/c1-13-19(20(24-26-13)16-9-5-6-10-18(16)22)21(25)23-12-15-11-17(15)14-7-3-2-4-8-14/h2-10,15,17H,11-12H2,1H3,(H,23,25)/t15-,17-/m0/s1. The zero-order valence-electron chi connectivity index (χ0n) is 14.4. The molecule has 4 rings (SSSR count). The van der Waals surface area contributed by atoms with Gasteiger partial charge in [0.1, 0.15) is 17.0 Å². The number of nitrogens with zero attached hydrogens (tertiary/aromatic N) is 1. The number of carbonyl (C=O) groups is 1. The molecule has 1 saturated carbocycles. The van der Waals surface area contributed by atoms with E-state index in [4.69, 9.17) is 16.1 Å².